The van der Waals surface area contributed by atoms with Gasteiger partial charge in [0.15, 0.2) is 11.5 Å². The lowest BCUT2D eigenvalue weighted by Crippen LogP contribution is -2.49. The highest BCUT2D eigenvalue weighted by atomic mass is 35.5. The Labute approximate surface area is 219 Å². The number of benzene rings is 1. The lowest BCUT2D eigenvalue weighted by Gasteiger charge is -2.33. The van der Waals surface area contributed by atoms with Crippen LogP contribution in [0.5, 0.6) is 11.5 Å². The number of halogens is 1. The Bertz CT molecular complexity index is 989. The summed E-state index contributed by atoms with van der Waals surface area (Å²) in [5, 5.41) is 2.04. The van der Waals surface area contributed by atoms with Crippen LogP contribution >= 0.6 is 22.9 Å². The third kappa shape index (κ3) is 8.14. The fourth-order valence-corrected chi connectivity index (χ4v) is 4.78. The van der Waals surface area contributed by atoms with E-state index in [4.69, 9.17) is 21.1 Å². The second-order valence-corrected chi connectivity index (χ2v) is 11.1. The van der Waals surface area contributed by atoms with E-state index in [-0.39, 0.29) is 30.2 Å². The molecule has 2 aromatic rings. The van der Waals surface area contributed by atoms with E-state index >= 15 is 0 Å². The molecule has 0 saturated carbocycles. The predicted molar refractivity (Wildman–Crippen MR) is 144 cm³/mol. The van der Waals surface area contributed by atoms with Crippen LogP contribution < -0.4 is 9.47 Å². The zero-order chi connectivity index (χ0) is 26.2. The zero-order valence-corrected chi connectivity index (χ0v) is 23.6. The first-order valence-electron chi connectivity index (χ1n) is 11.9. The average Bonchev–Trinajstić information content (AvgIpc) is 3.24. The van der Waals surface area contributed by atoms with Gasteiger partial charge in [0.05, 0.1) is 32.7 Å². The largest absolute Gasteiger partial charge is 0.493 e. The number of nitrogens with zero attached hydrogens (tertiary/aromatic N) is 2. The first-order valence-corrected chi connectivity index (χ1v) is 13.3. The number of ether oxygens (including phenoxy) is 2. The molecule has 2 amide bonds. The molecule has 0 saturated heterocycles. The molecule has 0 fully saturated rings. The number of methoxy groups -OCH3 is 2. The SMILES string of the molecule is COc1ccc(CCN(Cc2sccc2C)C(=O)CN(CC(C)C)C(=O)C(C)(C)CCl)cc1OC. The molecule has 1 aromatic heterocycles. The highest BCUT2D eigenvalue weighted by molar-refractivity contribution is 7.10. The van der Waals surface area contributed by atoms with Crippen molar-refractivity contribution < 1.29 is 19.1 Å². The van der Waals surface area contributed by atoms with Gasteiger partial charge < -0.3 is 19.3 Å². The second-order valence-electron chi connectivity index (χ2n) is 9.88. The van der Waals surface area contributed by atoms with Crippen LogP contribution in [0.1, 0.15) is 43.7 Å². The summed E-state index contributed by atoms with van der Waals surface area (Å²) in [6.07, 6.45) is 0.655. The fourth-order valence-electron chi connectivity index (χ4n) is 3.74. The summed E-state index contributed by atoms with van der Waals surface area (Å²) in [7, 11) is 3.22. The van der Waals surface area contributed by atoms with E-state index < -0.39 is 5.41 Å². The number of hydrogen-bond donors (Lipinski definition) is 0. The van der Waals surface area contributed by atoms with E-state index in [1.54, 1.807) is 30.5 Å². The van der Waals surface area contributed by atoms with Crippen molar-refractivity contribution in [1.29, 1.82) is 0 Å². The number of aryl methyl sites for hydroxylation is 1. The smallest absolute Gasteiger partial charge is 0.242 e. The van der Waals surface area contributed by atoms with Gasteiger partial charge in [0.1, 0.15) is 0 Å². The molecule has 0 aliphatic carbocycles. The highest BCUT2D eigenvalue weighted by Crippen LogP contribution is 2.28. The number of amides is 2. The molecule has 2 rings (SSSR count). The van der Waals surface area contributed by atoms with Crippen LogP contribution in [0.2, 0.25) is 0 Å². The number of hydrogen-bond acceptors (Lipinski definition) is 5. The minimum atomic E-state index is -0.731. The molecule has 0 spiro atoms. The normalized spacial score (nSPS) is 11.5. The van der Waals surface area contributed by atoms with Gasteiger partial charge in [-0.25, -0.2) is 0 Å². The van der Waals surface area contributed by atoms with Gasteiger partial charge in [-0.15, -0.1) is 22.9 Å². The zero-order valence-electron chi connectivity index (χ0n) is 22.0. The molecule has 194 valence electrons. The molecule has 35 heavy (non-hydrogen) atoms. The minimum Gasteiger partial charge on any atom is -0.493 e. The number of alkyl halides is 1. The quantitative estimate of drug-likeness (QED) is 0.331. The van der Waals surface area contributed by atoms with Crippen molar-refractivity contribution in [3.05, 3.63) is 45.6 Å². The first-order chi connectivity index (χ1) is 16.5. The van der Waals surface area contributed by atoms with E-state index in [2.05, 4.69) is 13.0 Å². The molecule has 0 bridgehead atoms. The number of carbonyl (C=O) groups is 2. The van der Waals surface area contributed by atoms with E-state index in [1.165, 1.54) is 0 Å². The van der Waals surface area contributed by atoms with Crippen LogP contribution in [0.25, 0.3) is 0 Å². The van der Waals surface area contributed by atoms with E-state index in [9.17, 15) is 9.59 Å². The van der Waals surface area contributed by atoms with E-state index in [0.29, 0.717) is 37.6 Å². The Hall–Kier alpha value is -2.25. The fraction of sp³-hybridized carbons (Fsp3) is 0.556. The van der Waals surface area contributed by atoms with Crippen molar-refractivity contribution in [3.8, 4) is 11.5 Å². The van der Waals surface area contributed by atoms with Crippen molar-refractivity contribution in [2.75, 3.05) is 39.7 Å². The van der Waals surface area contributed by atoms with Gasteiger partial charge in [-0.2, -0.15) is 0 Å². The van der Waals surface area contributed by atoms with Crippen molar-refractivity contribution in [3.63, 3.8) is 0 Å². The van der Waals surface area contributed by atoms with Gasteiger partial charge in [-0.3, -0.25) is 9.59 Å². The molecule has 0 atom stereocenters. The molecular formula is C27H39ClN2O4S. The van der Waals surface area contributed by atoms with Gasteiger partial charge in [-0.05, 0) is 67.8 Å². The Morgan fingerprint density at radius 1 is 1.09 bits per heavy atom. The van der Waals surface area contributed by atoms with Gasteiger partial charge in [-0.1, -0.05) is 19.9 Å². The average molecular weight is 523 g/mol. The van der Waals surface area contributed by atoms with Crippen LogP contribution in [0.4, 0.5) is 0 Å². The van der Waals surface area contributed by atoms with Crippen molar-refractivity contribution in [2.45, 2.75) is 47.6 Å². The maximum absolute atomic E-state index is 13.6. The molecule has 0 unspecified atom stereocenters. The van der Waals surface area contributed by atoms with Crippen LogP contribution in [0.3, 0.4) is 0 Å². The maximum Gasteiger partial charge on any atom is 0.242 e. The van der Waals surface area contributed by atoms with Gasteiger partial charge in [0.2, 0.25) is 11.8 Å². The van der Waals surface area contributed by atoms with Crippen molar-refractivity contribution >= 4 is 34.8 Å². The monoisotopic (exact) mass is 522 g/mol. The first kappa shape index (κ1) is 29.0. The summed E-state index contributed by atoms with van der Waals surface area (Å²) < 4.78 is 10.8. The van der Waals surface area contributed by atoms with Crippen LogP contribution in [0, 0.1) is 18.3 Å². The molecule has 6 nitrogen and oxygen atoms in total. The van der Waals surface area contributed by atoms with Crippen LogP contribution in [0.15, 0.2) is 29.6 Å². The lowest BCUT2D eigenvalue weighted by molar-refractivity contribution is -0.146. The molecule has 1 heterocycles. The maximum atomic E-state index is 13.6. The topological polar surface area (TPSA) is 59.1 Å². The summed E-state index contributed by atoms with van der Waals surface area (Å²) >= 11 is 7.73. The molecule has 0 radical (unpaired) electrons. The summed E-state index contributed by atoms with van der Waals surface area (Å²) in [5.74, 6) is 1.60. The molecule has 0 N–H and O–H groups in total. The van der Waals surface area contributed by atoms with Crippen molar-refractivity contribution in [1.82, 2.24) is 9.80 Å². The van der Waals surface area contributed by atoms with Crippen LogP contribution in [-0.4, -0.2) is 61.3 Å². The minimum absolute atomic E-state index is 0.0354. The third-order valence-corrected chi connectivity index (χ3v) is 7.56. The van der Waals surface area contributed by atoms with Crippen molar-refractivity contribution in [2.24, 2.45) is 11.3 Å². The summed E-state index contributed by atoms with van der Waals surface area (Å²) in [4.78, 5) is 31.5. The van der Waals surface area contributed by atoms with E-state index in [0.717, 1.165) is 16.0 Å². The number of carbonyl (C=O) groups excluding carboxylic acids is 2. The highest BCUT2D eigenvalue weighted by Gasteiger charge is 2.33. The van der Waals surface area contributed by atoms with Gasteiger partial charge >= 0.3 is 0 Å². The molecule has 8 heteroatoms. The Kier molecular flexibility index (Phi) is 10.9. The summed E-state index contributed by atoms with van der Waals surface area (Å²) in [6.45, 7) is 11.4. The molecular weight excluding hydrogens is 484 g/mol. The standard InChI is InChI=1S/C27H39ClN2O4S/c1-19(2)15-30(26(32)27(4,5)18-28)17-25(31)29(16-24-20(3)11-13-35-24)12-10-21-8-9-22(33-6)23(14-21)34-7/h8-9,11,13-14,19H,10,12,15-18H2,1-7H3. The predicted octanol–water partition coefficient (Wildman–Crippen LogP) is 5.39. The number of thiophene rings is 1. The summed E-state index contributed by atoms with van der Waals surface area (Å²) in [6, 6.07) is 7.86. The Morgan fingerprint density at radius 3 is 2.31 bits per heavy atom. The van der Waals surface area contributed by atoms with Gasteiger partial charge in [0, 0.05) is 23.8 Å². The number of rotatable bonds is 13. The van der Waals surface area contributed by atoms with E-state index in [1.807, 2.05) is 56.2 Å². The molecule has 0 aliphatic heterocycles. The van der Waals surface area contributed by atoms with Gasteiger partial charge in [0.25, 0.3) is 0 Å². The van der Waals surface area contributed by atoms with Crippen LogP contribution in [-0.2, 0) is 22.6 Å². The summed E-state index contributed by atoms with van der Waals surface area (Å²) in [5.41, 5.74) is 1.48. The lowest BCUT2D eigenvalue weighted by atomic mass is 9.93. The third-order valence-electron chi connectivity index (χ3n) is 5.89. The Balaban J connectivity index is 2.25. The molecule has 0 aliphatic rings. The Morgan fingerprint density at radius 2 is 1.77 bits per heavy atom. The second kappa shape index (κ2) is 13.2. The molecule has 1 aromatic carbocycles.